The third-order valence-corrected chi connectivity index (χ3v) is 6.13. The minimum absolute atomic E-state index is 0.311. The fraction of sp³-hybridized carbons (Fsp3) is 0.300. The summed E-state index contributed by atoms with van der Waals surface area (Å²) >= 11 is 7.72. The number of rotatable bonds is 7. The lowest BCUT2D eigenvalue weighted by Gasteiger charge is -2.27. The molecule has 1 saturated heterocycles. The van der Waals surface area contributed by atoms with Crippen molar-refractivity contribution >= 4 is 40.8 Å². The monoisotopic (exact) mass is 457 g/mol. The number of benzene rings is 1. The van der Waals surface area contributed by atoms with Gasteiger partial charge in [0.1, 0.15) is 16.2 Å². The molecule has 0 saturated carbocycles. The van der Waals surface area contributed by atoms with Gasteiger partial charge in [0.2, 0.25) is 5.95 Å². The van der Waals surface area contributed by atoms with Gasteiger partial charge in [-0.3, -0.25) is 10.1 Å². The Morgan fingerprint density at radius 2 is 1.97 bits per heavy atom. The van der Waals surface area contributed by atoms with E-state index in [4.69, 9.17) is 11.6 Å². The molecule has 0 radical (unpaired) electrons. The van der Waals surface area contributed by atoms with E-state index in [2.05, 4.69) is 30.8 Å². The van der Waals surface area contributed by atoms with E-state index in [9.17, 15) is 9.59 Å². The van der Waals surface area contributed by atoms with E-state index in [1.54, 1.807) is 13.8 Å². The molecule has 9 nitrogen and oxygen atoms in total. The van der Waals surface area contributed by atoms with Crippen molar-refractivity contribution in [2.24, 2.45) is 0 Å². The second-order valence-corrected chi connectivity index (χ2v) is 8.92. The Morgan fingerprint density at radius 3 is 2.68 bits per heavy atom. The van der Waals surface area contributed by atoms with Gasteiger partial charge in [0, 0.05) is 19.5 Å². The van der Waals surface area contributed by atoms with Crippen molar-refractivity contribution in [2.45, 2.75) is 25.8 Å². The maximum absolute atomic E-state index is 12.0. The van der Waals surface area contributed by atoms with Crippen LogP contribution in [0.1, 0.15) is 24.4 Å². The van der Waals surface area contributed by atoms with Gasteiger partial charge in [0.05, 0.1) is 11.2 Å². The minimum Gasteiger partial charge on any atom is -0.352 e. The molecule has 1 aliphatic heterocycles. The molecular weight excluding hydrogens is 438 g/mol. The van der Waals surface area contributed by atoms with Crippen molar-refractivity contribution in [3.63, 3.8) is 0 Å². The highest BCUT2D eigenvalue weighted by Crippen LogP contribution is 2.29. The number of nitrogens with zero attached hydrogens (tertiary/aromatic N) is 5. The lowest BCUT2D eigenvalue weighted by molar-refractivity contribution is -0.125. The van der Waals surface area contributed by atoms with E-state index < -0.39 is 11.6 Å². The molecule has 0 bridgehead atoms. The summed E-state index contributed by atoms with van der Waals surface area (Å²) in [5.41, 5.74) is 0.742. The first kappa shape index (κ1) is 21.1. The molecule has 31 heavy (non-hydrogen) atoms. The predicted octanol–water partition coefficient (Wildman–Crippen LogP) is 2.98. The zero-order chi connectivity index (χ0) is 22.0. The van der Waals surface area contributed by atoms with E-state index in [1.165, 1.54) is 22.4 Å². The molecule has 160 valence electrons. The lowest BCUT2D eigenvalue weighted by atomic mass is 10.0. The molecule has 3 aromatic rings. The summed E-state index contributed by atoms with van der Waals surface area (Å²) in [5.74, 6) is 0.0352. The van der Waals surface area contributed by atoms with Crippen LogP contribution in [0.3, 0.4) is 0 Å². The van der Waals surface area contributed by atoms with Crippen LogP contribution in [0.15, 0.2) is 36.5 Å². The van der Waals surface area contributed by atoms with Crippen molar-refractivity contribution < 1.29 is 9.59 Å². The number of hydrogen-bond donors (Lipinski definition) is 2. The van der Waals surface area contributed by atoms with Crippen molar-refractivity contribution in [1.29, 1.82) is 0 Å². The maximum atomic E-state index is 12.0. The second kappa shape index (κ2) is 8.56. The summed E-state index contributed by atoms with van der Waals surface area (Å²) in [5, 5.41) is 15.7. The van der Waals surface area contributed by atoms with E-state index >= 15 is 0 Å². The number of carbonyl (C=O) groups is 2. The summed E-state index contributed by atoms with van der Waals surface area (Å²) in [6, 6.07) is 9.61. The van der Waals surface area contributed by atoms with Crippen LogP contribution in [0.25, 0.3) is 10.7 Å². The molecule has 0 unspecified atom stereocenters. The molecule has 1 aromatic carbocycles. The molecule has 1 aliphatic rings. The van der Waals surface area contributed by atoms with Crippen LogP contribution >= 0.6 is 22.9 Å². The van der Waals surface area contributed by atoms with E-state index in [0.717, 1.165) is 10.6 Å². The quantitative estimate of drug-likeness (QED) is 0.524. The highest BCUT2D eigenvalue weighted by molar-refractivity contribution is 7.14. The minimum atomic E-state index is -0.896. The summed E-state index contributed by atoms with van der Waals surface area (Å²) in [6.45, 7) is 4.08. The predicted molar refractivity (Wildman–Crippen MR) is 118 cm³/mol. The first-order valence-corrected chi connectivity index (χ1v) is 10.8. The van der Waals surface area contributed by atoms with Gasteiger partial charge < -0.3 is 10.2 Å². The molecule has 11 heteroatoms. The summed E-state index contributed by atoms with van der Waals surface area (Å²) in [6.07, 6.45) is 2.18. The zero-order valence-electron chi connectivity index (χ0n) is 16.9. The number of carbonyl (C=O) groups excluding carboxylic acids is 2. The molecule has 2 N–H and O–H groups in total. The smallest absolute Gasteiger partial charge is 0.325 e. The van der Waals surface area contributed by atoms with E-state index in [1.807, 2.05) is 30.3 Å². The second-order valence-electron chi connectivity index (χ2n) is 7.45. The molecule has 3 amide bonds. The number of hydrogen-bond acceptors (Lipinski definition) is 8. The van der Waals surface area contributed by atoms with Crippen LogP contribution in [0.5, 0.6) is 0 Å². The Morgan fingerprint density at radius 1 is 1.19 bits per heavy atom. The van der Waals surface area contributed by atoms with Crippen molar-refractivity contribution in [1.82, 2.24) is 30.4 Å². The van der Waals surface area contributed by atoms with Gasteiger partial charge in [-0.15, -0.1) is 10.2 Å². The van der Waals surface area contributed by atoms with Crippen LogP contribution in [0.4, 0.5) is 10.7 Å². The molecular formula is C20H20ClN7O2S. The average molecular weight is 458 g/mol. The number of anilines is 1. The largest absolute Gasteiger partial charge is 0.352 e. The van der Waals surface area contributed by atoms with Crippen molar-refractivity contribution in [3.8, 4) is 10.7 Å². The molecule has 0 spiro atoms. The third-order valence-electron chi connectivity index (χ3n) is 4.93. The molecule has 4 rings (SSSR count). The number of halogens is 1. The molecule has 0 aliphatic carbocycles. The Bertz CT molecular complexity index is 1120. The zero-order valence-corrected chi connectivity index (χ0v) is 18.5. The molecule has 2 aromatic heterocycles. The van der Waals surface area contributed by atoms with Gasteiger partial charge in [0.15, 0.2) is 5.01 Å². The topological polar surface area (TPSA) is 113 Å². The van der Waals surface area contributed by atoms with Gasteiger partial charge in [-0.1, -0.05) is 53.3 Å². The number of nitrogens with one attached hydrogen (secondary N) is 2. The summed E-state index contributed by atoms with van der Waals surface area (Å²) in [7, 11) is 0. The number of amides is 3. The van der Waals surface area contributed by atoms with Crippen molar-refractivity contribution in [3.05, 3.63) is 52.1 Å². The van der Waals surface area contributed by atoms with Crippen LogP contribution < -0.4 is 10.6 Å². The van der Waals surface area contributed by atoms with Gasteiger partial charge >= 0.3 is 6.03 Å². The summed E-state index contributed by atoms with van der Waals surface area (Å²) in [4.78, 5) is 34.0. The molecule has 3 heterocycles. The van der Waals surface area contributed by atoms with Crippen LogP contribution in [-0.4, -0.2) is 55.6 Å². The van der Waals surface area contributed by atoms with Crippen molar-refractivity contribution in [2.75, 3.05) is 18.4 Å². The van der Waals surface area contributed by atoms with Crippen LogP contribution in [-0.2, 0) is 11.2 Å². The maximum Gasteiger partial charge on any atom is 0.325 e. The fourth-order valence-electron chi connectivity index (χ4n) is 3.15. The fourth-order valence-corrected chi connectivity index (χ4v) is 4.26. The standard InChI is InChI=1S/C20H20ClN7O2S/c1-20(2)17(29)25-19(30)28(20)9-8-22-18-23-11-13(21)15(24-18)16-27-26-14(31-16)10-12-6-4-3-5-7-12/h3-7,11H,8-10H2,1-2H3,(H,22,23,24)(H,25,29,30). The molecule has 1 fully saturated rings. The Hall–Kier alpha value is -3.11. The van der Waals surface area contributed by atoms with E-state index in [-0.39, 0.29) is 5.91 Å². The lowest BCUT2D eigenvalue weighted by Crippen LogP contribution is -2.46. The SMILES string of the molecule is CC1(C)C(=O)NC(=O)N1CCNc1ncc(Cl)c(-c2nnc(Cc3ccccc3)s2)n1. The first-order valence-electron chi connectivity index (χ1n) is 9.61. The average Bonchev–Trinajstić information content (AvgIpc) is 3.27. The van der Waals surface area contributed by atoms with Gasteiger partial charge in [-0.05, 0) is 19.4 Å². The Labute approximate surface area is 187 Å². The highest BCUT2D eigenvalue weighted by atomic mass is 35.5. The highest BCUT2D eigenvalue weighted by Gasteiger charge is 2.45. The van der Waals surface area contributed by atoms with Crippen LogP contribution in [0, 0.1) is 0 Å². The number of imide groups is 1. The molecule has 0 atom stereocenters. The summed E-state index contributed by atoms with van der Waals surface area (Å²) < 4.78 is 0. The normalized spacial score (nSPS) is 15.3. The van der Waals surface area contributed by atoms with Crippen LogP contribution in [0.2, 0.25) is 5.02 Å². The van der Waals surface area contributed by atoms with E-state index in [0.29, 0.717) is 41.2 Å². The Balaban J connectivity index is 1.43. The Kier molecular flexibility index (Phi) is 5.84. The number of aromatic nitrogens is 4. The van der Waals surface area contributed by atoms with Gasteiger partial charge in [-0.25, -0.2) is 14.8 Å². The van der Waals surface area contributed by atoms with Gasteiger partial charge in [0.25, 0.3) is 5.91 Å². The van der Waals surface area contributed by atoms with Gasteiger partial charge in [-0.2, -0.15) is 0 Å². The third kappa shape index (κ3) is 4.49. The number of urea groups is 1. The first-order chi connectivity index (χ1) is 14.8.